The normalized spacial score (nSPS) is 13.4. The molecule has 0 amide bonds. The Bertz CT molecular complexity index is 301. The maximum atomic E-state index is 11.5. The number of hydrogen-bond acceptors (Lipinski definition) is 6. The molecule has 0 saturated carbocycles. The molecule has 2 N–H and O–H groups in total. The first kappa shape index (κ1) is 15.3. The highest BCUT2D eigenvalue weighted by Crippen LogP contribution is 2.00. The molecule has 1 atom stereocenters. The molecule has 96 valence electrons. The van der Waals surface area contributed by atoms with Gasteiger partial charge in [0.2, 0.25) is 0 Å². The maximum Gasteiger partial charge on any atom is 0.321 e. The Balaban J connectivity index is 4.27. The molecule has 0 rings (SSSR count). The van der Waals surface area contributed by atoms with E-state index >= 15 is 0 Å². The third kappa shape index (κ3) is 6.76. The quantitative estimate of drug-likeness (QED) is 0.535. The predicted molar refractivity (Wildman–Crippen MR) is 59.8 cm³/mol. The molecule has 0 saturated heterocycles. The first-order valence-electron chi connectivity index (χ1n) is 5.09. The van der Waals surface area contributed by atoms with Gasteiger partial charge in [-0.25, -0.2) is 8.42 Å². The lowest BCUT2D eigenvalue weighted by molar-refractivity contribution is -0.139. The largest absolute Gasteiger partial charge is 0.465 e. The topological polar surface area (TPSA) is 92.7 Å². The zero-order valence-electron chi connectivity index (χ0n) is 9.60. The monoisotopic (exact) mass is 253 g/mol. The minimum atomic E-state index is -3.48. The van der Waals surface area contributed by atoms with Gasteiger partial charge >= 0.3 is 5.97 Å². The summed E-state index contributed by atoms with van der Waals surface area (Å²) in [6.45, 7) is 1.69. The number of carbonyl (C=O) groups excluding carboxylic acids is 1. The van der Waals surface area contributed by atoms with Crippen LogP contribution in [0.4, 0.5) is 0 Å². The minimum absolute atomic E-state index is 0.0968. The lowest BCUT2D eigenvalue weighted by Crippen LogP contribution is -2.36. The molecule has 0 aliphatic heterocycles. The van der Waals surface area contributed by atoms with E-state index in [1.165, 1.54) is 0 Å². The molecule has 0 radical (unpaired) electrons. The Morgan fingerprint density at radius 2 is 2.12 bits per heavy atom. The van der Waals surface area contributed by atoms with Crippen molar-refractivity contribution in [3.05, 3.63) is 0 Å². The van der Waals surface area contributed by atoms with E-state index in [1.807, 2.05) is 0 Å². The number of hydrogen-bond donors (Lipinski definition) is 2. The van der Waals surface area contributed by atoms with Crippen molar-refractivity contribution in [2.45, 2.75) is 19.4 Å². The van der Waals surface area contributed by atoms with Crippen LogP contribution in [0.25, 0.3) is 0 Å². The second kappa shape index (κ2) is 7.59. The fourth-order valence-electron chi connectivity index (χ4n) is 1.21. The molecule has 0 spiro atoms. The van der Waals surface area contributed by atoms with Gasteiger partial charge in [0, 0.05) is 12.6 Å². The Morgan fingerprint density at radius 3 is 2.56 bits per heavy atom. The molecule has 0 aliphatic rings. The summed E-state index contributed by atoms with van der Waals surface area (Å²) >= 11 is 0. The summed E-state index contributed by atoms with van der Waals surface area (Å²) in [6, 6.07) is -0.343. The minimum Gasteiger partial charge on any atom is -0.465 e. The van der Waals surface area contributed by atoms with Gasteiger partial charge in [0.15, 0.2) is 9.84 Å². The smallest absolute Gasteiger partial charge is 0.321 e. The Kier molecular flexibility index (Phi) is 7.27. The van der Waals surface area contributed by atoms with E-state index in [-0.39, 0.29) is 25.0 Å². The summed E-state index contributed by atoms with van der Waals surface area (Å²) < 4.78 is 27.6. The SMILES string of the molecule is CCOC(=O)CS(=O)(=O)CC(CCO)NC. The van der Waals surface area contributed by atoms with Crippen molar-refractivity contribution in [3.8, 4) is 0 Å². The lowest BCUT2D eigenvalue weighted by Gasteiger charge is -2.14. The standard InChI is InChI=1S/C9H19NO5S/c1-3-15-9(12)7-16(13,14)6-8(10-2)4-5-11/h8,10-11H,3-7H2,1-2H3. The molecule has 0 bridgehead atoms. The summed E-state index contributed by atoms with van der Waals surface area (Å²) in [4.78, 5) is 11.0. The third-order valence-corrected chi connectivity index (χ3v) is 3.57. The van der Waals surface area contributed by atoms with E-state index in [4.69, 9.17) is 5.11 Å². The highest BCUT2D eigenvalue weighted by atomic mass is 32.2. The van der Waals surface area contributed by atoms with Crippen LogP contribution in [0.5, 0.6) is 0 Å². The molecule has 0 aromatic rings. The van der Waals surface area contributed by atoms with Crippen LogP contribution in [-0.2, 0) is 19.4 Å². The van der Waals surface area contributed by atoms with E-state index in [1.54, 1.807) is 14.0 Å². The average Bonchev–Trinajstić information content (AvgIpc) is 2.16. The van der Waals surface area contributed by atoms with Gasteiger partial charge in [-0.3, -0.25) is 4.79 Å². The van der Waals surface area contributed by atoms with Crippen LogP contribution in [0.15, 0.2) is 0 Å². The summed E-state index contributed by atoms with van der Waals surface area (Å²) in [7, 11) is -1.87. The molecule has 0 fully saturated rings. The third-order valence-electron chi connectivity index (χ3n) is 1.98. The zero-order chi connectivity index (χ0) is 12.6. The van der Waals surface area contributed by atoms with Crippen molar-refractivity contribution >= 4 is 15.8 Å². The second-order valence-electron chi connectivity index (χ2n) is 3.36. The second-order valence-corrected chi connectivity index (χ2v) is 5.47. The van der Waals surface area contributed by atoms with Crippen molar-refractivity contribution in [1.29, 1.82) is 0 Å². The van der Waals surface area contributed by atoms with Crippen LogP contribution in [0.2, 0.25) is 0 Å². The fraction of sp³-hybridized carbons (Fsp3) is 0.889. The first-order valence-corrected chi connectivity index (χ1v) is 6.91. The number of esters is 1. The Hall–Kier alpha value is -0.660. The maximum absolute atomic E-state index is 11.5. The summed E-state index contributed by atoms with van der Waals surface area (Å²) in [5.41, 5.74) is 0. The number of carbonyl (C=O) groups is 1. The van der Waals surface area contributed by atoms with Crippen molar-refractivity contribution in [2.24, 2.45) is 0 Å². The van der Waals surface area contributed by atoms with Crippen LogP contribution in [0.3, 0.4) is 0 Å². The first-order chi connectivity index (χ1) is 7.45. The van der Waals surface area contributed by atoms with Crippen molar-refractivity contribution in [1.82, 2.24) is 5.32 Å². The number of ether oxygens (including phenoxy) is 1. The van der Waals surface area contributed by atoms with Crippen LogP contribution in [0.1, 0.15) is 13.3 Å². The van der Waals surface area contributed by atoms with Gasteiger partial charge in [-0.15, -0.1) is 0 Å². The van der Waals surface area contributed by atoms with Gasteiger partial charge in [-0.2, -0.15) is 0 Å². The van der Waals surface area contributed by atoms with Crippen molar-refractivity contribution < 1.29 is 23.1 Å². The van der Waals surface area contributed by atoms with Gasteiger partial charge < -0.3 is 15.2 Å². The summed E-state index contributed by atoms with van der Waals surface area (Å²) in [6.07, 6.45) is 0.332. The van der Waals surface area contributed by atoms with Crippen molar-refractivity contribution in [3.63, 3.8) is 0 Å². The van der Waals surface area contributed by atoms with Crippen LogP contribution in [0, 0.1) is 0 Å². The van der Waals surface area contributed by atoms with E-state index in [2.05, 4.69) is 10.1 Å². The highest BCUT2D eigenvalue weighted by Gasteiger charge is 2.21. The van der Waals surface area contributed by atoms with E-state index in [9.17, 15) is 13.2 Å². The number of aliphatic hydroxyl groups is 1. The molecule has 0 aliphatic carbocycles. The molecule has 16 heavy (non-hydrogen) atoms. The molecular formula is C9H19NO5S. The number of sulfone groups is 1. The van der Waals surface area contributed by atoms with Crippen LogP contribution < -0.4 is 5.32 Å². The van der Waals surface area contributed by atoms with Gasteiger partial charge in [0.1, 0.15) is 5.75 Å². The predicted octanol–water partition coefficient (Wildman–Crippen LogP) is -1.07. The Morgan fingerprint density at radius 1 is 1.50 bits per heavy atom. The molecule has 0 aromatic carbocycles. The van der Waals surface area contributed by atoms with Gasteiger partial charge in [0.05, 0.1) is 12.4 Å². The fourth-order valence-corrected chi connectivity index (χ4v) is 2.72. The van der Waals surface area contributed by atoms with Crippen LogP contribution in [-0.4, -0.2) is 57.3 Å². The molecule has 0 heterocycles. The highest BCUT2D eigenvalue weighted by molar-refractivity contribution is 7.92. The van der Waals surface area contributed by atoms with Gasteiger partial charge in [0.25, 0.3) is 0 Å². The van der Waals surface area contributed by atoms with Gasteiger partial charge in [-0.1, -0.05) is 0 Å². The molecular weight excluding hydrogens is 234 g/mol. The lowest BCUT2D eigenvalue weighted by atomic mass is 10.2. The van der Waals surface area contributed by atoms with Gasteiger partial charge in [-0.05, 0) is 20.4 Å². The summed E-state index contributed by atoms with van der Waals surface area (Å²) in [5.74, 6) is -1.52. The van der Waals surface area contributed by atoms with E-state index in [0.29, 0.717) is 6.42 Å². The molecule has 1 unspecified atom stereocenters. The van der Waals surface area contributed by atoms with E-state index < -0.39 is 21.6 Å². The average molecular weight is 253 g/mol. The summed E-state index contributed by atoms with van der Waals surface area (Å²) in [5, 5.41) is 11.5. The van der Waals surface area contributed by atoms with E-state index in [0.717, 1.165) is 0 Å². The number of nitrogens with one attached hydrogen (secondary N) is 1. The molecule has 6 nitrogen and oxygen atoms in total. The van der Waals surface area contributed by atoms with Crippen LogP contribution >= 0.6 is 0 Å². The molecule has 0 aromatic heterocycles. The Labute approximate surface area is 95.9 Å². The number of aliphatic hydroxyl groups excluding tert-OH is 1. The zero-order valence-corrected chi connectivity index (χ0v) is 10.4. The molecule has 7 heteroatoms. The number of rotatable bonds is 8. The van der Waals surface area contributed by atoms with Crippen molar-refractivity contribution in [2.75, 3.05) is 31.8 Å².